The van der Waals surface area contributed by atoms with Crippen molar-refractivity contribution in [2.75, 3.05) is 4.90 Å². The number of hydrogen-bond acceptors (Lipinski definition) is 5. The van der Waals surface area contributed by atoms with Gasteiger partial charge in [-0.05, 0) is 23.1 Å². The lowest BCUT2D eigenvalue weighted by Crippen LogP contribution is -2.15. The minimum atomic E-state index is 0.206. The second-order valence-electron chi connectivity index (χ2n) is 4.96. The summed E-state index contributed by atoms with van der Waals surface area (Å²) < 4.78 is 1.94. The summed E-state index contributed by atoms with van der Waals surface area (Å²) in [6.45, 7) is 0.740. The molecule has 1 unspecified atom stereocenters. The van der Waals surface area contributed by atoms with Crippen LogP contribution >= 0.6 is 11.8 Å². The average molecular weight is 310 g/mol. The molecule has 4 rings (SSSR count). The number of hydrogen-bond donors (Lipinski definition) is 1. The average Bonchev–Trinajstić information content (AvgIpc) is 3.29. The van der Waals surface area contributed by atoms with Crippen molar-refractivity contribution < 1.29 is 0 Å². The van der Waals surface area contributed by atoms with Crippen molar-refractivity contribution in [3.05, 3.63) is 72.0 Å². The van der Waals surface area contributed by atoms with Crippen LogP contribution in [0.2, 0.25) is 0 Å². The minimum Gasteiger partial charge on any atom is -0.328 e. The maximum Gasteiger partial charge on any atom is 0.112 e. The van der Waals surface area contributed by atoms with Crippen LogP contribution in [0.25, 0.3) is 0 Å². The number of nitrogens with one attached hydrogen (secondary N) is 1. The van der Waals surface area contributed by atoms with Crippen molar-refractivity contribution in [1.29, 1.82) is 0 Å². The predicted molar refractivity (Wildman–Crippen MR) is 86.1 cm³/mol. The zero-order valence-electron chi connectivity index (χ0n) is 11.7. The molecule has 0 aromatic carbocycles. The number of aromatic amines is 1. The molecule has 1 atom stereocenters. The van der Waals surface area contributed by atoms with Crippen LogP contribution in [0.5, 0.6) is 0 Å². The summed E-state index contributed by atoms with van der Waals surface area (Å²) in [5, 5.41) is 13.7. The molecule has 110 valence electrons. The molecule has 7 heteroatoms. The second kappa shape index (κ2) is 5.69. The molecule has 0 bridgehead atoms. The van der Waals surface area contributed by atoms with Crippen LogP contribution in [0, 0.1) is 0 Å². The highest BCUT2D eigenvalue weighted by Crippen LogP contribution is 2.41. The van der Waals surface area contributed by atoms with E-state index in [0.717, 1.165) is 17.8 Å². The Morgan fingerprint density at radius 2 is 2.14 bits per heavy atom. The Balaban J connectivity index is 1.55. The van der Waals surface area contributed by atoms with E-state index in [2.05, 4.69) is 43.0 Å². The van der Waals surface area contributed by atoms with Crippen LogP contribution in [0.1, 0.15) is 16.5 Å². The first kappa shape index (κ1) is 13.1. The van der Waals surface area contributed by atoms with Crippen molar-refractivity contribution in [1.82, 2.24) is 25.0 Å². The maximum absolute atomic E-state index is 4.46. The number of rotatable bonds is 4. The van der Waals surface area contributed by atoms with Crippen LogP contribution in [0.3, 0.4) is 0 Å². The van der Waals surface area contributed by atoms with Gasteiger partial charge in [-0.1, -0.05) is 0 Å². The SMILES string of the molecule is C1=CN(c2cnn(Cc3ccncc3)c2)C(c2cn[nH]c2)S1. The molecule has 1 N–H and O–H groups in total. The van der Waals surface area contributed by atoms with Crippen LogP contribution in [0.15, 0.2) is 60.9 Å². The number of aromatic nitrogens is 5. The molecule has 0 saturated heterocycles. The van der Waals surface area contributed by atoms with Gasteiger partial charge in [-0.3, -0.25) is 14.8 Å². The molecule has 0 fully saturated rings. The lowest BCUT2D eigenvalue weighted by atomic mass is 10.3. The molecule has 0 saturated carbocycles. The molecule has 6 nitrogen and oxygen atoms in total. The van der Waals surface area contributed by atoms with E-state index < -0.39 is 0 Å². The minimum absolute atomic E-state index is 0.206. The van der Waals surface area contributed by atoms with Gasteiger partial charge < -0.3 is 4.90 Å². The molecule has 0 radical (unpaired) electrons. The number of pyridine rings is 1. The van der Waals surface area contributed by atoms with E-state index in [1.54, 1.807) is 24.2 Å². The van der Waals surface area contributed by atoms with Gasteiger partial charge in [0.25, 0.3) is 0 Å². The van der Waals surface area contributed by atoms with Gasteiger partial charge in [0.05, 0.1) is 24.6 Å². The standard InChI is InChI=1S/C15H14N6S/c1-3-16-4-2-12(1)10-20-11-14(9-19-20)21-5-6-22-15(21)13-7-17-18-8-13/h1-9,11,15H,10H2,(H,17,18). The Kier molecular flexibility index (Phi) is 3.40. The Hall–Kier alpha value is -2.54. The molecule has 0 aliphatic carbocycles. The quantitative estimate of drug-likeness (QED) is 0.803. The number of H-pyrrole nitrogens is 1. The topological polar surface area (TPSA) is 62.6 Å². The summed E-state index contributed by atoms with van der Waals surface area (Å²) in [4.78, 5) is 6.23. The maximum atomic E-state index is 4.46. The fourth-order valence-corrected chi connectivity index (χ4v) is 3.38. The number of nitrogens with zero attached hydrogens (tertiary/aromatic N) is 5. The molecule has 1 aliphatic rings. The summed E-state index contributed by atoms with van der Waals surface area (Å²) in [5.41, 5.74) is 3.40. The number of anilines is 1. The zero-order chi connectivity index (χ0) is 14.8. The highest BCUT2D eigenvalue weighted by molar-refractivity contribution is 8.02. The predicted octanol–water partition coefficient (Wildman–Crippen LogP) is 2.77. The summed E-state index contributed by atoms with van der Waals surface area (Å²) in [7, 11) is 0. The highest BCUT2D eigenvalue weighted by Gasteiger charge is 2.24. The van der Waals surface area contributed by atoms with Gasteiger partial charge in [-0.2, -0.15) is 10.2 Å². The monoisotopic (exact) mass is 310 g/mol. The molecular formula is C15H14N6S. The van der Waals surface area contributed by atoms with Gasteiger partial charge >= 0.3 is 0 Å². The van der Waals surface area contributed by atoms with Gasteiger partial charge in [-0.15, -0.1) is 11.8 Å². The van der Waals surface area contributed by atoms with Gasteiger partial charge in [0, 0.05) is 36.6 Å². The van der Waals surface area contributed by atoms with Crippen molar-refractivity contribution in [3.63, 3.8) is 0 Å². The van der Waals surface area contributed by atoms with Crippen LogP contribution in [-0.4, -0.2) is 25.0 Å². The molecule has 0 amide bonds. The van der Waals surface area contributed by atoms with E-state index in [1.807, 2.05) is 35.4 Å². The van der Waals surface area contributed by atoms with Gasteiger partial charge in [0.15, 0.2) is 0 Å². The Bertz CT molecular complexity index is 764. The molecule has 0 spiro atoms. The van der Waals surface area contributed by atoms with E-state index in [-0.39, 0.29) is 5.37 Å². The van der Waals surface area contributed by atoms with E-state index in [0.29, 0.717) is 0 Å². The lowest BCUT2D eigenvalue weighted by molar-refractivity contribution is 0.686. The largest absolute Gasteiger partial charge is 0.328 e. The third-order valence-corrected chi connectivity index (χ3v) is 4.53. The fourth-order valence-electron chi connectivity index (χ4n) is 2.42. The zero-order valence-corrected chi connectivity index (χ0v) is 12.5. The molecule has 4 heterocycles. The smallest absolute Gasteiger partial charge is 0.112 e. The molecule has 3 aromatic heterocycles. The third kappa shape index (κ3) is 2.50. The van der Waals surface area contributed by atoms with E-state index in [4.69, 9.17) is 0 Å². The van der Waals surface area contributed by atoms with Gasteiger partial charge in [0.2, 0.25) is 0 Å². The fraction of sp³-hybridized carbons (Fsp3) is 0.133. The summed E-state index contributed by atoms with van der Waals surface area (Å²) in [5.74, 6) is 0. The van der Waals surface area contributed by atoms with Crippen molar-refractivity contribution in [2.45, 2.75) is 11.9 Å². The third-order valence-electron chi connectivity index (χ3n) is 3.50. The van der Waals surface area contributed by atoms with E-state index in [9.17, 15) is 0 Å². The van der Waals surface area contributed by atoms with Crippen molar-refractivity contribution >= 4 is 17.4 Å². The normalized spacial score (nSPS) is 17.3. The highest BCUT2D eigenvalue weighted by atomic mass is 32.2. The Labute approximate surface area is 131 Å². The van der Waals surface area contributed by atoms with Crippen LogP contribution in [0.4, 0.5) is 5.69 Å². The van der Waals surface area contributed by atoms with Gasteiger partial charge in [-0.25, -0.2) is 0 Å². The number of thioether (sulfide) groups is 1. The van der Waals surface area contributed by atoms with E-state index >= 15 is 0 Å². The van der Waals surface area contributed by atoms with Crippen LogP contribution in [-0.2, 0) is 6.54 Å². The first-order valence-corrected chi connectivity index (χ1v) is 7.85. The summed E-state index contributed by atoms with van der Waals surface area (Å²) >= 11 is 1.76. The molecule has 1 aliphatic heterocycles. The lowest BCUT2D eigenvalue weighted by Gasteiger charge is -2.21. The Morgan fingerprint density at radius 3 is 2.95 bits per heavy atom. The second-order valence-corrected chi connectivity index (χ2v) is 5.95. The summed E-state index contributed by atoms with van der Waals surface area (Å²) in [6.07, 6.45) is 13.4. The van der Waals surface area contributed by atoms with Crippen molar-refractivity contribution in [2.24, 2.45) is 0 Å². The van der Waals surface area contributed by atoms with Gasteiger partial charge in [0.1, 0.15) is 5.37 Å². The first-order valence-electron chi connectivity index (χ1n) is 6.91. The van der Waals surface area contributed by atoms with Crippen molar-refractivity contribution in [3.8, 4) is 0 Å². The summed E-state index contributed by atoms with van der Waals surface area (Å²) in [6, 6.07) is 4.00. The first-order chi connectivity index (χ1) is 10.9. The Morgan fingerprint density at radius 1 is 1.23 bits per heavy atom. The molecule has 22 heavy (non-hydrogen) atoms. The molecular weight excluding hydrogens is 296 g/mol. The molecule has 3 aromatic rings. The van der Waals surface area contributed by atoms with E-state index in [1.165, 1.54) is 5.56 Å². The van der Waals surface area contributed by atoms with Crippen LogP contribution < -0.4 is 4.90 Å².